The number of nitrogens with two attached hydrogens (primary N) is 1. The maximum absolute atomic E-state index is 11.9. The topological polar surface area (TPSA) is 191 Å². The average Bonchev–Trinajstić information content (AvgIpc) is 2.48. The van der Waals surface area contributed by atoms with Crippen molar-refractivity contribution in [3.63, 3.8) is 0 Å². The van der Waals surface area contributed by atoms with Gasteiger partial charge in [-0.15, -0.1) is 20.2 Å². The molecular formula is C10H11N3O10S. The highest BCUT2D eigenvalue weighted by atomic mass is 32.2. The van der Waals surface area contributed by atoms with Gasteiger partial charge < -0.3 is 14.4 Å². The van der Waals surface area contributed by atoms with Crippen LogP contribution >= 0.6 is 0 Å². The number of rotatable bonds is 9. The standard InChI is InChI=1S/C10H11N3O10S/c11-24(19,20)9-3-1-7(2-4-9)10(14)23-8(5-21-12(15)16)6-22-13(17)18/h1-4,8H,5-6H2,(H2,11,19,20). The fourth-order valence-electron chi connectivity index (χ4n) is 1.40. The molecule has 0 atom stereocenters. The van der Waals surface area contributed by atoms with Crippen LogP contribution in [0.15, 0.2) is 29.2 Å². The van der Waals surface area contributed by atoms with E-state index in [0.717, 1.165) is 24.3 Å². The lowest BCUT2D eigenvalue weighted by Crippen LogP contribution is -2.30. The summed E-state index contributed by atoms with van der Waals surface area (Å²) in [6.07, 6.45) is -1.44. The SMILES string of the molecule is NS(=O)(=O)c1ccc(C(=O)OC(CO[N+](=O)[O-])CO[N+](=O)[O-])cc1. The Morgan fingerprint density at radius 2 is 1.54 bits per heavy atom. The lowest BCUT2D eigenvalue weighted by molar-refractivity contribution is -0.768. The van der Waals surface area contributed by atoms with Crippen LogP contribution in [-0.4, -0.2) is 43.9 Å². The normalized spacial score (nSPS) is 10.9. The Balaban J connectivity index is 2.78. The quantitative estimate of drug-likeness (QED) is 0.331. The van der Waals surface area contributed by atoms with Gasteiger partial charge in [-0.3, -0.25) is 0 Å². The number of benzene rings is 1. The van der Waals surface area contributed by atoms with Crippen molar-refractivity contribution in [2.45, 2.75) is 11.0 Å². The number of hydrogen-bond acceptors (Lipinski definition) is 10. The van der Waals surface area contributed by atoms with Crippen LogP contribution in [0.3, 0.4) is 0 Å². The molecule has 2 N–H and O–H groups in total. The van der Waals surface area contributed by atoms with E-state index < -0.39 is 45.5 Å². The molecule has 14 heteroatoms. The molecule has 0 radical (unpaired) electrons. The zero-order chi connectivity index (χ0) is 18.3. The van der Waals surface area contributed by atoms with E-state index in [1.807, 2.05) is 0 Å². The fraction of sp³-hybridized carbons (Fsp3) is 0.300. The van der Waals surface area contributed by atoms with Crippen molar-refractivity contribution < 1.29 is 37.8 Å². The number of esters is 1. The third-order valence-corrected chi connectivity index (χ3v) is 3.35. The zero-order valence-corrected chi connectivity index (χ0v) is 12.6. The third kappa shape index (κ3) is 6.41. The minimum Gasteiger partial charge on any atom is -0.455 e. The van der Waals surface area contributed by atoms with Crippen molar-refractivity contribution in [3.05, 3.63) is 50.1 Å². The van der Waals surface area contributed by atoms with Gasteiger partial charge >= 0.3 is 5.97 Å². The summed E-state index contributed by atoms with van der Waals surface area (Å²) < 4.78 is 27.0. The molecule has 1 aromatic rings. The maximum Gasteiger partial charge on any atom is 0.338 e. The van der Waals surface area contributed by atoms with Gasteiger partial charge in [-0.2, -0.15) is 0 Å². The highest BCUT2D eigenvalue weighted by molar-refractivity contribution is 7.89. The molecule has 0 aliphatic carbocycles. The van der Waals surface area contributed by atoms with E-state index in [1.54, 1.807) is 0 Å². The number of carbonyl (C=O) groups is 1. The van der Waals surface area contributed by atoms with Crippen LogP contribution in [0.25, 0.3) is 0 Å². The molecule has 0 aromatic heterocycles. The monoisotopic (exact) mass is 365 g/mol. The van der Waals surface area contributed by atoms with Gasteiger partial charge in [0.2, 0.25) is 10.0 Å². The Morgan fingerprint density at radius 3 is 1.92 bits per heavy atom. The first-order chi connectivity index (χ1) is 11.1. The van der Waals surface area contributed by atoms with E-state index in [1.165, 1.54) is 0 Å². The van der Waals surface area contributed by atoms with E-state index in [-0.39, 0.29) is 10.5 Å². The van der Waals surface area contributed by atoms with Crippen molar-refractivity contribution in [3.8, 4) is 0 Å². The van der Waals surface area contributed by atoms with Crippen LogP contribution in [0.5, 0.6) is 0 Å². The second-order valence-electron chi connectivity index (χ2n) is 4.14. The van der Waals surface area contributed by atoms with Crippen LogP contribution in [0.4, 0.5) is 0 Å². The number of sulfonamides is 1. The van der Waals surface area contributed by atoms with Gasteiger partial charge in [0.1, 0.15) is 19.3 Å². The van der Waals surface area contributed by atoms with Crippen LogP contribution in [0, 0.1) is 20.2 Å². The minimum atomic E-state index is -3.95. The summed E-state index contributed by atoms with van der Waals surface area (Å²) >= 11 is 0. The van der Waals surface area contributed by atoms with Gasteiger partial charge in [0, 0.05) is 0 Å². The first kappa shape index (κ1) is 19.0. The maximum atomic E-state index is 11.9. The van der Waals surface area contributed by atoms with Gasteiger partial charge in [0.15, 0.2) is 0 Å². The predicted molar refractivity (Wildman–Crippen MR) is 72.9 cm³/mol. The molecule has 0 unspecified atom stereocenters. The number of primary sulfonamides is 1. The molecule has 0 heterocycles. The highest BCUT2D eigenvalue weighted by Gasteiger charge is 2.20. The van der Waals surface area contributed by atoms with E-state index in [2.05, 4.69) is 9.68 Å². The van der Waals surface area contributed by atoms with Crippen molar-refractivity contribution in [1.29, 1.82) is 0 Å². The molecule has 0 bridgehead atoms. The predicted octanol–water partition coefficient (Wildman–Crippen LogP) is -0.724. The molecule has 24 heavy (non-hydrogen) atoms. The smallest absolute Gasteiger partial charge is 0.338 e. The zero-order valence-electron chi connectivity index (χ0n) is 11.8. The van der Waals surface area contributed by atoms with E-state index in [4.69, 9.17) is 9.88 Å². The average molecular weight is 365 g/mol. The lowest BCUT2D eigenvalue weighted by atomic mass is 10.2. The molecule has 13 nitrogen and oxygen atoms in total. The van der Waals surface area contributed by atoms with Crippen molar-refractivity contribution >= 4 is 16.0 Å². The molecule has 1 aromatic carbocycles. The molecule has 0 saturated carbocycles. The van der Waals surface area contributed by atoms with Crippen LogP contribution in [0.2, 0.25) is 0 Å². The van der Waals surface area contributed by atoms with Gasteiger partial charge in [0.25, 0.3) is 10.2 Å². The Hall–Kier alpha value is -3.00. The van der Waals surface area contributed by atoms with Crippen LogP contribution < -0.4 is 5.14 Å². The summed E-state index contributed by atoms with van der Waals surface area (Å²) in [7, 11) is -3.95. The summed E-state index contributed by atoms with van der Waals surface area (Å²) in [6.45, 7) is -1.58. The van der Waals surface area contributed by atoms with Gasteiger partial charge in [-0.1, -0.05) is 0 Å². The number of hydrogen-bond donors (Lipinski definition) is 1. The lowest BCUT2D eigenvalue weighted by Gasteiger charge is -2.15. The molecule has 0 fully saturated rings. The second kappa shape index (κ2) is 8.02. The number of nitrogens with zero attached hydrogens (tertiary/aromatic N) is 2. The Kier molecular flexibility index (Phi) is 6.37. The second-order valence-corrected chi connectivity index (χ2v) is 5.70. The summed E-state index contributed by atoms with van der Waals surface area (Å²) in [6, 6.07) is 4.26. The largest absolute Gasteiger partial charge is 0.455 e. The van der Waals surface area contributed by atoms with E-state index in [0.29, 0.717) is 0 Å². The Labute approximate surface area is 134 Å². The van der Waals surface area contributed by atoms with Crippen molar-refractivity contribution in [1.82, 2.24) is 0 Å². The van der Waals surface area contributed by atoms with E-state index in [9.17, 15) is 33.4 Å². The molecule has 132 valence electrons. The summed E-state index contributed by atoms with van der Waals surface area (Å²) in [5, 5.41) is 22.8. The third-order valence-electron chi connectivity index (χ3n) is 2.42. The highest BCUT2D eigenvalue weighted by Crippen LogP contribution is 2.11. The molecule has 0 saturated heterocycles. The summed E-state index contributed by atoms with van der Waals surface area (Å²) in [4.78, 5) is 39.8. The molecule has 0 amide bonds. The first-order valence-corrected chi connectivity index (χ1v) is 7.52. The molecule has 0 spiro atoms. The Bertz CT molecular complexity index is 699. The molecule has 1 rings (SSSR count). The molecular weight excluding hydrogens is 354 g/mol. The van der Waals surface area contributed by atoms with Crippen molar-refractivity contribution in [2.75, 3.05) is 13.2 Å². The number of carbonyl (C=O) groups excluding carboxylic acids is 1. The molecule has 0 aliphatic rings. The van der Waals surface area contributed by atoms with Crippen LogP contribution in [-0.2, 0) is 24.4 Å². The van der Waals surface area contributed by atoms with Gasteiger partial charge in [-0.05, 0) is 24.3 Å². The van der Waals surface area contributed by atoms with Crippen LogP contribution in [0.1, 0.15) is 10.4 Å². The van der Waals surface area contributed by atoms with Gasteiger partial charge in [-0.25, -0.2) is 18.4 Å². The number of ether oxygens (including phenoxy) is 1. The molecule has 0 aliphatic heterocycles. The first-order valence-electron chi connectivity index (χ1n) is 5.98. The summed E-state index contributed by atoms with van der Waals surface area (Å²) in [5.74, 6) is -1.03. The van der Waals surface area contributed by atoms with E-state index >= 15 is 0 Å². The van der Waals surface area contributed by atoms with Gasteiger partial charge in [0.05, 0.1) is 10.5 Å². The minimum absolute atomic E-state index is 0.116. The van der Waals surface area contributed by atoms with Crippen molar-refractivity contribution in [2.24, 2.45) is 5.14 Å². The summed E-state index contributed by atoms with van der Waals surface area (Å²) in [5.41, 5.74) is -0.116. The Morgan fingerprint density at radius 1 is 1.08 bits per heavy atom. The fourth-order valence-corrected chi connectivity index (χ4v) is 1.92.